The van der Waals surface area contributed by atoms with Crippen molar-refractivity contribution in [3.8, 4) is 5.75 Å². The molecule has 17 heavy (non-hydrogen) atoms. The zero-order valence-electron chi connectivity index (χ0n) is 9.27. The minimum absolute atomic E-state index is 0. The Kier molecular flexibility index (Phi) is 5.37. The molecule has 7 heteroatoms. The average molecular weight is 280 g/mol. The van der Waals surface area contributed by atoms with Crippen LogP contribution in [0, 0.1) is 0 Å². The summed E-state index contributed by atoms with van der Waals surface area (Å²) in [5, 5.41) is 0.817. The van der Waals surface area contributed by atoms with Crippen LogP contribution in [0.15, 0.2) is 29.2 Å². The minimum Gasteiger partial charge on any atom is -0.768 e. The average Bonchev–Trinajstić information content (AvgIpc) is 2.26. The molecule has 1 aromatic heterocycles. The fraction of sp³-hybridized carbons (Fsp3) is 0.100. The van der Waals surface area contributed by atoms with E-state index in [2.05, 4.69) is 4.98 Å². The van der Waals surface area contributed by atoms with Gasteiger partial charge in [-0.3, -0.25) is 4.21 Å². The minimum atomic E-state index is -2.38. The first-order valence-electron chi connectivity index (χ1n) is 4.36. The van der Waals surface area contributed by atoms with Crippen molar-refractivity contribution >= 4 is 33.6 Å². The molecule has 1 aromatic carbocycles. The van der Waals surface area contributed by atoms with Crippen molar-refractivity contribution < 1.29 is 43.1 Å². The molecule has 0 N–H and O–H groups in total. The summed E-state index contributed by atoms with van der Waals surface area (Å²) < 4.78 is 27.3. The number of rotatable bonds is 2. The summed E-state index contributed by atoms with van der Waals surface area (Å²) in [6.45, 7) is 0. The number of nitrogens with zero attached hydrogens (tertiary/aromatic N) is 1. The maximum absolute atomic E-state index is 11.1. The van der Waals surface area contributed by atoms with Crippen LogP contribution >= 0.6 is 11.6 Å². The van der Waals surface area contributed by atoms with E-state index in [9.17, 15) is 8.76 Å². The molecule has 0 bridgehead atoms. The topological polar surface area (TPSA) is 62.2 Å². The molecule has 0 spiro atoms. The predicted octanol–water partition coefficient (Wildman–Crippen LogP) is -0.861. The molecular weight excluding hydrogens is 273 g/mol. The van der Waals surface area contributed by atoms with Crippen LogP contribution in [-0.4, -0.2) is 20.9 Å². The van der Waals surface area contributed by atoms with Gasteiger partial charge in [-0.05, 0) is 35.3 Å². The molecular formula is C10H7ClNNaO3S. The maximum atomic E-state index is 11.1. The van der Waals surface area contributed by atoms with Gasteiger partial charge in [0.2, 0.25) is 0 Å². The van der Waals surface area contributed by atoms with Crippen LogP contribution in [0.25, 0.3) is 10.9 Å². The molecule has 0 radical (unpaired) electrons. The van der Waals surface area contributed by atoms with E-state index in [-0.39, 0.29) is 34.5 Å². The second-order valence-electron chi connectivity index (χ2n) is 3.03. The SMILES string of the molecule is COc1ccc2nc(Cl)ccc2c1S(=O)[O-].[Na+]. The summed E-state index contributed by atoms with van der Waals surface area (Å²) in [5.74, 6) is 0.296. The number of methoxy groups -OCH3 is 1. The third kappa shape index (κ3) is 2.99. The van der Waals surface area contributed by atoms with Gasteiger partial charge in [-0.1, -0.05) is 11.6 Å². The van der Waals surface area contributed by atoms with E-state index in [0.29, 0.717) is 21.8 Å². The zero-order valence-corrected chi connectivity index (χ0v) is 12.8. The standard InChI is InChI=1S/C10H8ClNO3S.Na/c1-15-8-4-3-7-6(10(8)16(13)14)2-5-9(11)12-7;/h2-5H,1H3,(H,13,14);/q;+1/p-1. The summed E-state index contributed by atoms with van der Waals surface area (Å²) >= 11 is 3.35. The largest absolute Gasteiger partial charge is 1.00 e. The number of aromatic nitrogens is 1. The van der Waals surface area contributed by atoms with Crippen molar-refractivity contribution in [2.75, 3.05) is 7.11 Å². The van der Waals surface area contributed by atoms with Gasteiger partial charge in [0.15, 0.2) is 0 Å². The van der Waals surface area contributed by atoms with E-state index < -0.39 is 11.1 Å². The van der Waals surface area contributed by atoms with Crippen molar-refractivity contribution in [1.82, 2.24) is 4.98 Å². The fourth-order valence-electron chi connectivity index (χ4n) is 1.46. The molecule has 0 saturated heterocycles. The Hall–Kier alpha value is -0.170. The first-order chi connectivity index (χ1) is 7.63. The number of ether oxygens (including phenoxy) is 1. The van der Waals surface area contributed by atoms with Crippen molar-refractivity contribution in [3.63, 3.8) is 0 Å². The van der Waals surface area contributed by atoms with Crippen molar-refractivity contribution in [2.45, 2.75) is 4.90 Å². The normalized spacial score (nSPS) is 11.9. The Morgan fingerprint density at radius 3 is 2.65 bits per heavy atom. The van der Waals surface area contributed by atoms with Crippen LogP contribution in [0.2, 0.25) is 5.15 Å². The van der Waals surface area contributed by atoms with Gasteiger partial charge < -0.3 is 9.29 Å². The van der Waals surface area contributed by atoms with Crippen LogP contribution in [0.3, 0.4) is 0 Å². The van der Waals surface area contributed by atoms with Crippen molar-refractivity contribution in [3.05, 3.63) is 29.4 Å². The van der Waals surface area contributed by atoms with Gasteiger partial charge in [0.1, 0.15) is 10.9 Å². The number of halogens is 1. The number of pyridine rings is 1. The van der Waals surface area contributed by atoms with Crippen LogP contribution in [0.5, 0.6) is 5.75 Å². The Morgan fingerprint density at radius 2 is 2.06 bits per heavy atom. The molecule has 0 amide bonds. The Morgan fingerprint density at radius 1 is 1.35 bits per heavy atom. The second kappa shape index (κ2) is 6.13. The number of hydrogen-bond donors (Lipinski definition) is 0. The van der Waals surface area contributed by atoms with Crippen molar-refractivity contribution in [2.24, 2.45) is 0 Å². The molecule has 1 heterocycles. The Bertz CT molecular complexity index is 579. The summed E-state index contributed by atoms with van der Waals surface area (Å²) in [6.07, 6.45) is 0. The first kappa shape index (κ1) is 14.9. The number of fused-ring (bicyclic) bond motifs is 1. The predicted molar refractivity (Wildman–Crippen MR) is 60.5 cm³/mol. The second-order valence-corrected chi connectivity index (χ2v) is 4.30. The van der Waals surface area contributed by atoms with Gasteiger partial charge >= 0.3 is 29.6 Å². The molecule has 0 saturated carbocycles. The molecule has 0 aliphatic rings. The molecule has 84 valence electrons. The van der Waals surface area contributed by atoms with Crippen LogP contribution in [0.4, 0.5) is 0 Å². The number of benzene rings is 1. The zero-order chi connectivity index (χ0) is 11.7. The summed E-state index contributed by atoms with van der Waals surface area (Å²) in [4.78, 5) is 4.13. The molecule has 2 aromatic rings. The van der Waals surface area contributed by atoms with Gasteiger partial charge in [-0.2, -0.15) is 0 Å². The fourth-order valence-corrected chi connectivity index (χ4v) is 2.29. The number of hydrogen-bond acceptors (Lipinski definition) is 4. The van der Waals surface area contributed by atoms with E-state index >= 15 is 0 Å². The third-order valence-corrected chi connectivity index (χ3v) is 3.10. The van der Waals surface area contributed by atoms with E-state index in [4.69, 9.17) is 16.3 Å². The monoisotopic (exact) mass is 279 g/mol. The smallest absolute Gasteiger partial charge is 0.768 e. The van der Waals surface area contributed by atoms with Crippen LogP contribution in [-0.2, 0) is 11.1 Å². The van der Waals surface area contributed by atoms with Gasteiger partial charge in [0, 0.05) is 5.39 Å². The summed E-state index contributed by atoms with van der Waals surface area (Å²) in [5.41, 5.74) is 0.521. The van der Waals surface area contributed by atoms with Gasteiger partial charge in [-0.15, -0.1) is 0 Å². The van der Waals surface area contributed by atoms with Crippen LogP contribution in [0.1, 0.15) is 0 Å². The molecule has 1 unspecified atom stereocenters. The molecule has 0 fully saturated rings. The van der Waals surface area contributed by atoms with Gasteiger partial charge in [0.05, 0.1) is 17.5 Å². The van der Waals surface area contributed by atoms with E-state index in [0.717, 1.165) is 0 Å². The molecule has 0 aliphatic heterocycles. The van der Waals surface area contributed by atoms with E-state index in [1.807, 2.05) is 0 Å². The molecule has 0 aliphatic carbocycles. The first-order valence-corrected chi connectivity index (χ1v) is 5.81. The Balaban J connectivity index is 0.00000144. The van der Waals surface area contributed by atoms with E-state index in [1.54, 1.807) is 24.3 Å². The van der Waals surface area contributed by atoms with Gasteiger partial charge in [-0.25, -0.2) is 4.98 Å². The molecule has 1 atom stereocenters. The quantitative estimate of drug-likeness (QED) is 0.408. The van der Waals surface area contributed by atoms with Crippen LogP contribution < -0.4 is 34.3 Å². The Labute approximate surface area is 128 Å². The molecule has 4 nitrogen and oxygen atoms in total. The van der Waals surface area contributed by atoms with Gasteiger partial charge in [0.25, 0.3) is 0 Å². The molecule has 2 rings (SSSR count). The van der Waals surface area contributed by atoms with Crippen molar-refractivity contribution in [1.29, 1.82) is 0 Å². The summed E-state index contributed by atoms with van der Waals surface area (Å²) in [6, 6.07) is 6.37. The third-order valence-electron chi connectivity index (χ3n) is 2.14. The summed E-state index contributed by atoms with van der Waals surface area (Å²) in [7, 11) is 1.42. The maximum Gasteiger partial charge on any atom is 1.00 e. The van der Waals surface area contributed by atoms with E-state index in [1.165, 1.54) is 7.11 Å².